The topological polar surface area (TPSA) is 71.2 Å². The predicted octanol–water partition coefficient (Wildman–Crippen LogP) is 3.89. The zero-order valence-electron chi connectivity index (χ0n) is 21.2. The third-order valence-corrected chi connectivity index (χ3v) is 7.88. The second kappa shape index (κ2) is 9.09. The number of hydrogen-bond acceptors (Lipinski definition) is 6. The Morgan fingerprint density at radius 2 is 1.72 bits per heavy atom. The monoisotopic (exact) mass is 483 g/mol. The van der Waals surface area contributed by atoms with E-state index in [1.54, 1.807) is 6.92 Å². The number of fused-ring (bicyclic) bond motifs is 1. The molecule has 0 atom stereocenters. The van der Waals surface area contributed by atoms with E-state index in [1.807, 2.05) is 36.3 Å². The molecule has 1 N–H and O–H groups in total. The van der Waals surface area contributed by atoms with Gasteiger partial charge >= 0.3 is 0 Å². The zero-order valence-corrected chi connectivity index (χ0v) is 21.2. The summed E-state index contributed by atoms with van der Waals surface area (Å²) in [5.41, 5.74) is 5.51. The Hall–Kier alpha value is -3.65. The molecule has 1 aliphatic carbocycles. The van der Waals surface area contributed by atoms with Crippen LogP contribution in [-0.2, 0) is 7.05 Å². The third-order valence-electron chi connectivity index (χ3n) is 7.88. The van der Waals surface area contributed by atoms with E-state index >= 15 is 0 Å². The summed E-state index contributed by atoms with van der Waals surface area (Å²) in [5.74, 6) is 1.14. The molecule has 0 bridgehead atoms. The van der Waals surface area contributed by atoms with E-state index in [9.17, 15) is 4.79 Å². The van der Waals surface area contributed by atoms with Crippen LogP contribution in [0.5, 0.6) is 0 Å². The average Bonchev–Trinajstić information content (AvgIpc) is 3.47. The van der Waals surface area contributed by atoms with Crippen molar-refractivity contribution in [3.05, 3.63) is 60.7 Å². The Labute approximate surface area is 211 Å². The molecule has 0 radical (unpaired) electrons. The standard InChI is InChI=1S/C28H33N7O/c1-19(36)20-4-6-23(7-5-20)33-8-10-34(11-9-33)28-14-27-25(16-30-28)26(21-15-31-32(3)17-21)18-35(27)24-12-22(13-24)29-2/h4-7,14-18,22,24,29H,8-13H2,1-3H3. The summed E-state index contributed by atoms with van der Waals surface area (Å²) in [7, 11) is 4.01. The van der Waals surface area contributed by atoms with Gasteiger partial charge in [0.2, 0.25) is 0 Å². The van der Waals surface area contributed by atoms with E-state index in [2.05, 4.69) is 62.4 Å². The molecule has 1 aromatic carbocycles. The van der Waals surface area contributed by atoms with Gasteiger partial charge in [0.05, 0.1) is 11.7 Å². The van der Waals surface area contributed by atoms with Crippen LogP contribution in [0.3, 0.4) is 0 Å². The molecule has 0 spiro atoms. The van der Waals surface area contributed by atoms with Gasteiger partial charge in [-0.2, -0.15) is 5.10 Å². The van der Waals surface area contributed by atoms with E-state index in [1.165, 1.54) is 22.2 Å². The number of carbonyl (C=O) groups is 1. The fourth-order valence-corrected chi connectivity index (χ4v) is 5.55. The number of hydrogen-bond donors (Lipinski definition) is 1. The molecule has 8 nitrogen and oxygen atoms in total. The lowest BCUT2D eigenvalue weighted by Gasteiger charge is -2.37. The van der Waals surface area contributed by atoms with Crippen molar-refractivity contribution in [2.75, 3.05) is 43.0 Å². The number of carbonyl (C=O) groups excluding carboxylic acids is 1. The minimum Gasteiger partial charge on any atom is -0.368 e. The summed E-state index contributed by atoms with van der Waals surface area (Å²) in [4.78, 5) is 21.3. The van der Waals surface area contributed by atoms with Gasteiger partial charge in [-0.15, -0.1) is 0 Å². The van der Waals surface area contributed by atoms with E-state index < -0.39 is 0 Å². The maximum atomic E-state index is 11.6. The Kier molecular flexibility index (Phi) is 5.76. The number of benzene rings is 1. The third kappa shape index (κ3) is 4.05. The number of pyridine rings is 1. The molecule has 0 unspecified atom stereocenters. The van der Waals surface area contributed by atoms with E-state index in [0.29, 0.717) is 12.1 Å². The second-order valence-corrected chi connectivity index (χ2v) is 10.1. The highest BCUT2D eigenvalue weighted by Crippen LogP contribution is 2.40. The van der Waals surface area contributed by atoms with Gasteiger partial charge in [-0.05, 0) is 51.1 Å². The first-order chi connectivity index (χ1) is 17.5. The first kappa shape index (κ1) is 22.8. The number of aryl methyl sites for hydroxylation is 1. The Morgan fingerprint density at radius 3 is 2.36 bits per heavy atom. The quantitative estimate of drug-likeness (QED) is 0.420. The molecule has 1 saturated heterocycles. The molecule has 186 valence electrons. The summed E-state index contributed by atoms with van der Waals surface area (Å²) >= 11 is 0. The highest BCUT2D eigenvalue weighted by atomic mass is 16.1. The van der Waals surface area contributed by atoms with Crippen molar-refractivity contribution in [1.82, 2.24) is 24.6 Å². The molecule has 1 saturated carbocycles. The van der Waals surface area contributed by atoms with Crippen LogP contribution >= 0.6 is 0 Å². The van der Waals surface area contributed by atoms with Crippen LogP contribution in [0.25, 0.3) is 22.0 Å². The maximum absolute atomic E-state index is 11.6. The normalized spacial score (nSPS) is 20.1. The first-order valence-electron chi connectivity index (χ1n) is 12.8. The SMILES string of the molecule is CNC1CC(n2cc(-c3cnn(C)c3)c3cnc(N4CCN(c5ccc(C(C)=O)cc5)CC4)cc32)C1. The van der Waals surface area contributed by atoms with Gasteiger partial charge in [-0.3, -0.25) is 9.48 Å². The largest absolute Gasteiger partial charge is 0.368 e. The second-order valence-electron chi connectivity index (χ2n) is 10.1. The summed E-state index contributed by atoms with van der Waals surface area (Å²) in [6, 6.07) is 11.3. The van der Waals surface area contributed by atoms with E-state index in [-0.39, 0.29) is 5.78 Å². The van der Waals surface area contributed by atoms with Crippen LogP contribution in [0, 0.1) is 0 Å². The van der Waals surface area contributed by atoms with Crippen molar-refractivity contribution in [1.29, 1.82) is 0 Å². The first-order valence-corrected chi connectivity index (χ1v) is 12.8. The Morgan fingerprint density at radius 1 is 1.00 bits per heavy atom. The van der Waals surface area contributed by atoms with Crippen LogP contribution in [0.15, 0.2) is 55.1 Å². The van der Waals surface area contributed by atoms with Crippen molar-refractivity contribution in [3.63, 3.8) is 0 Å². The molecule has 8 heteroatoms. The van der Waals surface area contributed by atoms with Crippen molar-refractivity contribution in [2.45, 2.75) is 31.8 Å². The highest BCUT2D eigenvalue weighted by molar-refractivity contribution is 5.96. The smallest absolute Gasteiger partial charge is 0.159 e. The number of nitrogens with one attached hydrogen (secondary N) is 1. The zero-order chi connectivity index (χ0) is 24.8. The van der Waals surface area contributed by atoms with Crippen LogP contribution in [0.2, 0.25) is 0 Å². The number of Topliss-reactive ketones (excluding diaryl/α,β-unsaturated/α-hetero) is 1. The molecular weight excluding hydrogens is 450 g/mol. The lowest BCUT2D eigenvalue weighted by molar-refractivity contribution is 0.101. The number of rotatable bonds is 6. The average molecular weight is 484 g/mol. The Bertz CT molecular complexity index is 1390. The summed E-state index contributed by atoms with van der Waals surface area (Å²) in [6.07, 6.45) is 10.6. The van der Waals surface area contributed by atoms with Gasteiger partial charge < -0.3 is 19.7 Å². The molecule has 2 aliphatic rings. The lowest BCUT2D eigenvalue weighted by Crippen LogP contribution is -2.46. The molecule has 0 amide bonds. The van der Waals surface area contributed by atoms with Gasteiger partial charge in [0.25, 0.3) is 0 Å². The lowest BCUT2D eigenvalue weighted by atomic mass is 9.86. The summed E-state index contributed by atoms with van der Waals surface area (Å²) in [6.45, 7) is 5.28. The molecule has 3 aromatic heterocycles. The fraction of sp³-hybridized carbons (Fsp3) is 0.393. The molecule has 4 aromatic rings. The number of anilines is 2. The fourth-order valence-electron chi connectivity index (χ4n) is 5.55. The van der Waals surface area contributed by atoms with Crippen molar-refractivity contribution in [3.8, 4) is 11.1 Å². The van der Waals surface area contributed by atoms with Crippen LogP contribution < -0.4 is 15.1 Å². The molecule has 4 heterocycles. The molecule has 1 aliphatic heterocycles. The van der Waals surface area contributed by atoms with Gasteiger partial charge in [0, 0.05) is 97.7 Å². The number of ketones is 1. The predicted molar refractivity (Wildman–Crippen MR) is 144 cm³/mol. The van der Waals surface area contributed by atoms with Crippen molar-refractivity contribution < 1.29 is 4.79 Å². The van der Waals surface area contributed by atoms with E-state index in [4.69, 9.17) is 4.98 Å². The van der Waals surface area contributed by atoms with Crippen LogP contribution in [-0.4, -0.2) is 64.4 Å². The van der Waals surface area contributed by atoms with E-state index in [0.717, 1.165) is 56.0 Å². The molecule has 2 fully saturated rings. The van der Waals surface area contributed by atoms with Crippen LogP contribution in [0.1, 0.15) is 36.2 Å². The summed E-state index contributed by atoms with van der Waals surface area (Å²) in [5, 5.41) is 8.99. The summed E-state index contributed by atoms with van der Waals surface area (Å²) < 4.78 is 4.32. The van der Waals surface area contributed by atoms with Crippen molar-refractivity contribution >= 4 is 28.2 Å². The van der Waals surface area contributed by atoms with Crippen LogP contribution in [0.4, 0.5) is 11.5 Å². The van der Waals surface area contributed by atoms with Gasteiger partial charge in [0.15, 0.2) is 5.78 Å². The number of nitrogens with zero attached hydrogens (tertiary/aromatic N) is 6. The van der Waals surface area contributed by atoms with Crippen molar-refractivity contribution in [2.24, 2.45) is 7.05 Å². The van der Waals surface area contributed by atoms with Gasteiger partial charge in [-0.1, -0.05) is 0 Å². The minimum atomic E-state index is 0.104. The molecule has 6 rings (SSSR count). The van der Waals surface area contributed by atoms with Gasteiger partial charge in [0.1, 0.15) is 5.82 Å². The molecular formula is C28H33N7O. The minimum absolute atomic E-state index is 0.104. The maximum Gasteiger partial charge on any atom is 0.159 e. The highest BCUT2D eigenvalue weighted by Gasteiger charge is 2.31. The number of aromatic nitrogens is 4. The number of piperazine rings is 1. The Balaban J connectivity index is 1.25. The van der Waals surface area contributed by atoms with Gasteiger partial charge in [-0.25, -0.2) is 4.98 Å². The molecule has 36 heavy (non-hydrogen) atoms.